The summed E-state index contributed by atoms with van der Waals surface area (Å²) >= 11 is 5.87. The Morgan fingerprint density at radius 2 is 2.17 bits per heavy atom. The van der Waals surface area contributed by atoms with E-state index in [4.69, 9.17) is 16.3 Å². The third-order valence-corrected chi connectivity index (χ3v) is 2.55. The standard InChI is InChI=1S/C13H11ClN2O2/c1-18-11-6-5-9(14)8-10(11)13(17)16-12-4-2-3-7-15-12/h2-8H,1H3,(H,15,16,17). The molecule has 0 radical (unpaired) electrons. The highest BCUT2D eigenvalue weighted by Crippen LogP contribution is 2.23. The molecule has 1 amide bonds. The molecule has 0 saturated heterocycles. The van der Waals surface area contributed by atoms with Gasteiger partial charge in [0.05, 0.1) is 12.7 Å². The van der Waals surface area contributed by atoms with Crippen LogP contribution >= 0.6 is 11.6 Å². The number of aromatic nitrogens is 1. The van der Waals surface area contributed by atoms with Crippen molar-refractivity contribution in [2.45, 2.75) is 0 Å². The minimum absolute atomic E-state index is 0.312. The summed E-state index contributed by atoms with van der Waals surface area (Å²) in [5, 5.41) is 3.15. The second kappa shape index (κ2) is 5.51. The molecule has 2 aromatic rings. The quantitative estimate of drug-likeness (QED) is 0.925. The Kier molecular flexibility index (Phi) is 3.79. The zero-order valence-electron chi connectivity index (χ0n) is 9.68. The molecule has 0 aliphatic rings. The van der Waals surface area contributed by atoms with Crippen molar-refractivity contribution < 1.29 is 9.53 Å². The summed E-state index contributed by atoms with van der Waals surface area (Å²) in [7, 11) is 1.50. The fourth-order valence-electron chi connectivity index (χ4n) is 1.48. The molecular formula is C13H11ClN2O2. The predicted molar refractivity (Wildman–Crippen MR) is 70.2 cm³/mol. The predicted octanol–water partition coefficient (Wildman–Crippen LogP) is 3.00. The molecule has 0 aliphatic carbocycles. The van der Waals surface area contributed by atoms with Crippen molar-refractivity contribution in [3.05, 3.63) is 53.2 Å². The average Bonchev–Trinajstić information content (AvgIpc) is 2.40. The molecule has 4 nitrogen and oxygen atoms in total. The molecule has 1 heterocycles. The minimum Gasteiger partial charge on any atom is -0.496 e. The van der Waals surface area contributed by atoms with Crippen LogP contribution in [-0.2, 0) is 0 Å². The zero-order valence-corrected chi connectivity index (χ0v) is 10.4. The monoisotopic (exact) mass is 262 g/mol. The molecule has 92 valence electrons. The van der Waals surface area contributed by atoms with E-state index in [1.807, 2.05) is 0 Å². The molecule has 2 rings (SSSR count). The molecule has 0 bridgehead atoms. The van der Waals surface area contributed by atoms with Crippen LogP contribution in [0.25, 0.3) is 0 Å². The van der Waals surface area contributed by atoms with Crippen LogP contribution in [0.3, 0.4) is 0 Å². The normalized spacial score (nSPS) is 9.89. The van der Waals surface area contributed by atoms with E-state index in [0.29, 0.717) is 22.2 Å². The van der Waals surface area contributed by atoms with Crippen LogP contribution in [0.15, 0.2) is 42.6 Å². The summed E-state index contributed by atoms with van der Waals surface area (Å²) in [6.45, 7) is 0. The SMILES string of the molecule is COc1ccc(Cl)cc1C(=O)Nc1ccccn1. The second-order valence-electron chi connectivity index (χ2n) is 3.51. The van der Waals surface area contributed by atoms with E-state index >= 15 is 0 Å². The molecule has 1 aromatic carbocycles. The first-order chi connectivity index (χ1) is 8.70. The van der Waals surface area contributed by atoms with Crippen LogP contribution in [0.2, 0.25) is 5.02 Å². The number of nitrogens with one attached hydrogen (secondary N) is 1. The first kappa shape index (κ1) is 12.4. The molecule has 1 aromatic heterocycles. The third-order valence-electron chi connectivity index (χ3n) is 2.31. The highest BCUT2D eigenvalue weighted by Gasteiger charge is 2.13. The summed E-state index contributed by atoms with van der Waals surface area (Å²) in [6.07, 6.45) is 1.60. The lowest BCUT2D eigenvalue weighted by atomic mass is 10.2. The Morgan fingerprint density at radius 1 is 1.33 bits per heavy atom. The van der Waals surface area contributed by atoms with Crippen LogP contribution in [0, 0.1) is 0 Å². The first-order valence-corrected chi connectivity index (χ1v) is 5.64. The van der Waals surface area contributed by atoms with Gasteiger partial charge in [-0.25, -0.2) is 4.98 Å². The lowest BCUT2D eigenvalue weighted by Gasteiger charge is -2.09. The lowest BCUT2D eigenvalue weighted by molar-refractivity contribution is 0.102. The smallest absolute Gasteiger partial charge is 0.260 e. The van der Waals surface area contributed by atoms with Gasteiger partial charge < -0.3 is 10.1 Å². The average molecular weight is 263 g/mol. The molecule has 0 saturated carbocycles. The van der Waals surface area contributed by atoms with E-state index in [9.17, 15) is 4.79 Å². The number of rotatable bonds is 3. The number of nitrogens with zero attached hydrogens (tertiary/aromatic N) is 1. The van der Waals surface area contributed by atoms with Gasteiger partial charge in [0.25, 0.3) is 5.91 Å². The van der Waals surface area contributed by atoms with Gasteiger partial charge in [-0.1, -0.05) is 17.7 Å². The number of anilines is 1. The molecule has 0 atom stereocenters. The molecule has 0 unspecified atom stereocenters. The van der Waals surface area contributed by atoms with E-state index in [1.165, 1.54) is 7.11 Å². The third kappa shape index (κ3) is 2.78. The molecule has 0 fully saturated rings. The maximum Gasteiger partial charge on any atom is 0.260 e. The van der Waals surface area contributed by atoms with Crippen LogP contribution in [0.1, 0.15) is 10.4 Å². The zero-order chi connectivity index (χ0) is 13.0. The summed E-state index contributed by atoms with van der Waals surface area (Å²) in [5.74, 6) is 0.630. The number of amides is 1. The number of pyridine rings is 1. The number of hydrogen-bond acceptors (Lipinski definition) is 3. The topological polar surface area (TPSA) is 51.2 Å². The first-order valence-electron chi connectivity index (χ1n) is 5.26. The van der Waals surface area contributed by atoms with Gasteiger partial charge >= 0.3 is 0 Å². The van der Waals surface area contributed by atoms with Crippen LogP contribution < -0.4 is 10.1 Å². The molecular weight excluding hydrogens is 252 g/mol. The van der Waals surface area contributed by atoms with E-state index < -0.39 is 0 Å². The fraction of sp³-hybridized carbons (Fsp3) is 0.0769. The largest absolute Gasteiger partial charge is 0.496 e. The molecule has 5 heteroatoms. The van der Waals surface area contributed by atoms with Crippen molar-refractivity contribution in [3.8, 4) is 5.75 Å². The van der Waals surface area contributed by atoms with Crippen molar-refractivity contribution in [1.29, 1.82) is 0 Å². The van der Waals surface area contributed by atoms with Crippen LogP contribution in [-0.4, -0.2) is 18.0 Å². The van der Waals surface area contributed by atoms with Crippen LogP contribution in [0.4, 0.5) is 5.82 Å². The number of carbonyl (C=O) groups is 1. The fourth-order valence-corrected chi connectivity index (χ4v) is 1.65. The minimum atomic E-state index is -0.312. The number of methoxy groups -OCH3 is 1. The van der Waals surface area contributed by atoms with Gasteiger partial charge in [0.1, 0.15) is 11.6 Å². The molecule has 1 N–H and O–H groups in total. The van der Waals surface area contributed by atoms with Crippen molar-refractivity contribution in [2.75, 3.05) is 12.4 Å². The van der Waals surface area contributed by atoms with E-state index in [1.54, 1.807) is 42.6 Å². The Hall–Kier alpha value is -2.07. The van der Waals surface area contributed by atoms with Gasteiger partial charge in [-0.3, -0.25) is 4.79 Å². The van der Waals surface area contributed by atoms with Gasteiger partial charge in [0.15, 0.2) is 0 Å². The second-order valence-corrected chi connectivity index (χ2v) is 3.95. The Morgan fingerprint density at radius 3 is 2.83 bits per heavy atom. The summed E-state index contributed by atoms with van der Waals surface area (Å²) < 4.78 is 5.12. The van der Waals surface area contributed by atoms with E-state index in [0.717, 1.165) is 0 Å². The van der Waals surface area contributed by atoms with Crippen molar-refractivity contribution >= 4 is 23.3 Å². The van der Waals surface area contributed by atoms with E-state index in [-0.39, 0.29) is 5.91 Å². The Balaban J connectivity index is 2.26. The van der Waals surface area contributed by atoms with Gasteiger partial charge in [0.2, 0.25) is 0 Å². The molecule has 18 heavy (non-hydrogen) atoms. The maximum atomic E-state index is 12.1. The highest BCUT2D eigenvalue weighted by atomic mass is 35.5. The van der Waals surface area contributed by atoms with Gasteiger partial charge in [-0.05, 0) is 30.3 Å². The highest BCUT2D eigenvalue weighted by molar-refractivity contribution is 6.31. The number of halogens is 1. The number of hydrogen-bond donors (Lipinski definition) is 1. The maximum absolute atomic E-state index is 12.1. The van der Waals surface area contributed by atoms with Crippen molar-refractivity contribution in [3.63, 3.8) is 0 Å². The van der Waals surface area contributed by atoms with Crippen LogP contribution in [0.5, 0.6) is 5.75 Å². The van der Waals surface area contributed by atoms with Gasteiger partial charge in [-0.2, -0.15) is 0 Å². The summed E-state index contributed by atoms with van der Waals surface area (Å²) in [5.41, 5.74) is 0.371. The van der Waals surface area contributed by atoms with Crippen molar-refractivity contribution in [2.24, 2.45) is 0 Å². The number of carbonyl (C=O) groups excluding carboxylic acids is 1. The number of ether oxygens (including phenoxy) is 1. The molecule has 0 spiro atoms. The van der Waals surface area contributed by atoms with E-state index in [2.05, 4.69) is 10.3 Å². The summed E-state index contributed by atoms with van der Waals surface area (Å²) in [4.78, 5) is 16.1. The summed E-state index contributed by atoms with van der Waals surface area (Å²) in [6, 6.07) is 10.1. The number of benzene rings is 1. The van der Waals surface area contributed by atoms with Gasteiger partial charge in [0, 0.05) is 11.2 Å². The Bertz CT molecular complexity index is 558. The van der Waals surface area contributed by atoms with Crippen molar-refractivity contribution in [1.82, 2.24) is 4.98 Å². The Labute approximate surface area is 110 Å². The molecule has 0 aliphatic heterocycles. The lowest BCUT2D eigenvalue weighted by Crippen LogP contribution is -2.14. The van der Waals surface area contributed by atoms with Gasteiger partial charge in [-0.15, -0.1) is 0 Å².